The molecule has 24 heavy (non-hydrogen) atoms. The van der Waals surface area contributed by atoms with Gasteiger partial charge in [0.15, 0.2) is 5.75 Å². The number of anilines is 1. The van der Waals surface area contributed by atoms with Crippen LogP contribution in [0, 0.1) is 0 Å². The largest absolute Gasteiger partial charge is 0.413 e. The highest BCUT2D eigenvalue weighted by Gasteiger charge is 2.23. The Morgan fingerprint density at radius 2 is 1.67 bits per heavy atom. The quantitative estimate of drug-likeness (QED) is 0.831. The molecule has 0 saturated carbocycles. The van der Waals surface area contributed by atoms with Crippen LogP contribution in [0.2, 0.25) is 0 Å². The summed E-state index contributed by atoms with van der Waals surface area (Å²) in [5, 5.41) is 2.62. The topological polar surface area (TPSA) is 98.5 Å². The summed E-state index contributed by atoms with van der Waals surface area (Å²) in [6.45, 7) is 5.40. The number of hydrogen-bond donors (Lipinski definition) is 2. The number of amides is 1. The molecule has 0 aliphatic carbocycles. The maximum Gasteiger partial charge on any atom is 0.413 e. The van der Waals surface area contributed by atoms with Crippen molar-refractivity contribution in [1.82, 2.24) is 5.32 Å². The van der Waals surface area contributed by atoms with Crippen LogP contribution in [0.3, 0.4) is 0 Å². The Morgan fingerprint density at radius 3 is 2.25 bits per heavy atom. The van der Waals surface area contributed by atoms with E-state index in [9.17, 15) is 13.2 Å². The molecule has 0 radical (unpaired) electrons. The fourth-order valence-corrected chi connectivity index (χ4v) is 3.42. The monoisotopic (exact) mass is 348 g/mol. The van der Waals surface area contributed by atoms with E-state index in [1.807, 2.05) is 0 Å². The molecule has 0 bridgehead atoms. The third-order valence-corrected chi connectivity index (χ3v) is 4.88. The van der Waals surface area contributed by atoms with Gasteiger partial charge in [0.2, 0.25) is 9.84 Å². The fourth-order valence-electron chi connectivity index (χ4n) is 2.01. The summed E-state index contributed by atoms with van der Waals surface area (Å²) in [5.74, 6) is -0.00578. The number of sulfone groups is 1. The molecule has 0 atom stereocenters. The molecule has 0 aromatic heterocycles. The van der Waals surface area contributed by atoms with Gasteiger partial charge in [-0.05, 0) is 45.0 Å². The van der Waals surface area contributed by atoms with Gasteiger partial charge < -0.3 is 15.8 Å². The van der Waals surface area contributed by atoms with E-state index in [4.69, 9.17) is 10.5 Å². The second-order valence-electron chi connectivity index (χ2n) is 6.25. The molecule has 3 N–H and O–H groups in total. The van der Waals surface area contributed by atoms with Gasteiger partial charge >= 0.3 is 6.09 Å². The third kappa shape index (κ3) is 4.05. The summed E-state index contributed by atoms with van der Waals surface area (Å²) in [7, 11) is -3.80. The number of carbonyl (C=O) groups is 1. The fraction of sp³-hybridized carbons (Fsp3) is 0.235. The smallest absolute Gasteiger partial charge is 0.408 e. The zero-order chi connectivity index (χ0) is 18.0. The molecule has 0 heterocycles. The van der Waals surface area contributed by atoms with Crippen LogP contribution < -0.4 is 15.8 Å². The zero-order valence-electron chi connectivity index (χ0n) is 13.7. The molecule has 0 spiro atoms. The van der Waals surface area contributed by atoms with Crippen LogP contribution in [0.5, 0.6) is 5.75 Å². The van der Waals surface area contributed by atoms with E-state index in [2.05, 4.69) is 5.32 Å². The van der Waals surface area contributed by atoms with Crippen LogP contribution in [0.4, 0.5) is 10.5 Å². The molecule has 7 heteroatoms. The SMILES string of the molecule is CC(C)(C)NC(=O)Oc1cccc(S(=O)(=O)c2ccccc2)c1N. The molecule has 1 amide bonds. The molecule has 2 aromatic carbocycles. The molecular weight excluding hydrogens is 328 g/mol. The minimum atomic E-state index is -3.80. The maximum atomic E-state index is 12.7. The predicted molar refractivity (Wildman–Crippen MR) is 91.7 cm³/mol. The minimum Gasteiger partial charge on any atom is -0.408 e. The highest BCUT2D eigenvalue weighted by molar-refractivity contribution is 7.91. The second kappa shape index (κ2) is 6.52. The van der Waals surface area contributed by atoms with Crippen molar-refractivity contribution in [1.29, 1.82) is 0 Å². The van der Waals surface area contributed by atoms with Gasteiger partial charge in [0.05, 0.1) is 15.5 Å². The van der Waals surface area contributed by atoms with E-state index in [0.717, 1.165) is 0 Å². The minimum absolute atomic E-state index is 0.00578. The van der Waals surface area contributed by atoms with Crippen LogP contribution in [0.25, 0.3) is 0 Å². The summed E-state index contributed by atoms with van der Waals surface area (Å²) in [5.41, 5.74) is 5.34. The van der Waals surface area contributed by atoms with Gasteiger partial charge in [-0.1, -0.05) is 24.3 Å². The lowest BCUT2D eigenvalue weighted by molar-refractivity contribution is 0.191. The van der Waals surface area contributed by atoms with Crippen LogP contribution >= 0.6 is 0 Å². The second-order valence-corrected chi connectivity index (χ2v) is 8.17. The van der Waals surface area contributed by atoms with Crippen molar-refractivity contribution < 1.29 is 17.9 Å². The third-order valence-electron chi connectivity index (χ3n) is 3.05. The lowest BCUT2D eigenvalue weighted by atomic mass is 10.1. The van der Waals surface area contributed by atoms with E-state index >= 15 is 0 Å². The van der Waals surface area contributed by atoms with E-state index in [0.29, 0.717) is 0 Å². The summed E-state index contributed by atoms with van der Waals surface area (Å²) in [4.78, 5) is 11.9. The van der Waals surface area contributed by atoms with Gasteiger partial charge in [-0.15, -0.1) is 0 Å². The number of hydrogen-bond acceptors (Lipinski definition) is 5. The summed E-state index contributed by atoms with van der Waals surface area (Å²) in [6, 6.07) is 12.2. The number of nitrogen functional groups attached to an aromatic ring is 1. The van der Waals surface area contributed by atoms with Crippen molar-refractivity contribution in [3.63, 3.8) is 0 Å². The molecule has 0 aliphatic rings. The van der Waals surface area contributed by atoms with Crippen molar-refractivity contribution >= 4 is 21.6 Å². The molecule has 128 valence electrons. The van der Waals surface area contributed by atoms with Crippen molar-refractivity contribution in [3.05, 3.63) is 48.5 Å². The van der Waals surface area contributed by atoms with Crippen LogP contribution in [0.15, 0.2) is 58.3 Å². The standard InChI is InChI=1S/C17H20N2O4S/c1-17(2,3)19-16(20)23-13-10-7-11-14(15(13)18)24(21,22)12-8-5-4-6-9-12/h4-11H,18H2,1-3H3,(H,19,20). The maximum absolute atomic E-state index is 12.7. The first-order valence-electron chi connectivity index (χ1n) is 7.30. The van der Waals surface area contributed by atoms with Gasteiger partial charge in [-0.2, -0.15) is 0 Å². The van der Waals surface area contributed by atoms with E-state index in [1.165, 1.54) is 30.3 Å². The Hall–Kier alpha value is -2.54. The number of nitrogens with two attached hydrogens (primary N) is 1. The van der Waals surface area contributed by atoms with Crippen molar-refractivity contribution in [3.8, 4) is 5.75 Å². The van der Waals surface area contributed by atoms with Gasteiger partial charge in [0.25, 0.3) is 0 Å². The van der Waals surface area contributed by atoms with Crippen molar-refractivity contribution in [2.75, 3.05) is 5.73 Å². The highest BCUT2D eigenvalue weighted by Crippen LogP contribution is 2.32. The van der Waals surface area contributed by atoms with Crippen LogP contribution in [0.1, 0.15) is 20.8 Å². The molecule has 2 aromatic rings. The van der Waals surface area contributed by atoms with Crippen LogP contribution in [-0.2, 0) is 9.84 Å². The lowest BCUT2D eigenvalue weighted by Gasteiger charge is -2.20. The summed E-state index contributed by atoms with van der Waals surface area (Å²) < 4.78 is 30.5. The first-order chi connectivity index (χ1) is 11.1. The molecular formula is C17H20N2O4S. The van der Waals surface area contributed by atoms with Gasteiger partial charge in [0, 0.05) is 5.54 Å². The number of carbonyl (C=O) groups excluding carboxylic acids is 1. The average molecular weight is 348 g/mol. The van der Waals surface area contributed by atoms with E-state index in [1.54, 1.807) is 39.0 Å². The zero-order valence-corrected chi connectivity index (χ0v) is 14.6. The number of rotatable bonds is 3. The average Bonchev–Trinajstić information content (AvgIpc) is 2.48. The molecule has 6 nitrogen and oxygen atoms in total. The Bertz CT molecular complexity index is 841. The molecule has 0 aliphatic heterocycles. The Morgan fingerprint density at radius 1 is 1.04 bits per heavy atom. The first-order valence-corrected chi connectivity index (χ1v) is 8.78. The highest BCUT2D eigenvalue weighted by atomic mass is 32.2. The molecule has 0 saturated heterocycles. The summed E-state index contributed by atoms with van der Waals surface area (Å²) >= 11 is 0. The van der Waals surface area contributed by atoms with Crippen molar-refractivity contribution in [2.24, 2.45) is 0 Å². The molecule has 0 unspecified atom stereocenters. The van der Waals surface area contributed by atoms with Gasteiger partial charge in [0.1, 0.15) is 0 Å². The van der Waals surface area contributed by atoms with E-state index in [-0.39, 0.29) is 21.2 Å². The Kier molecular flexibility index (Phi) is 4.84. The molecule has 2 rings (SSSR count). The Labute approximate surface area is 141 Å². The lowest BCUT2D eigenvalue weighted by Crippen LogP contribution is -2.42. The van der Waals surface area contributed by atoms with Gasteiger partial charge in [-0.3, -0.25) is 0 Å². The molecule has 0 fully saturated rings. The predicted octanol–water partition coefficient (Wildman–Crippen LogP) is 2.99. The number of nitrogens with one attached hydrogen (secondary N) is 1. The number of ether oxygens (including phenoxy) is 1. The van der Waals surface area contributed by atoms with Crippen LogP contribution in [-0.4, -0.2) is 20.0 Å². The number of benzene rings is 2. The first kappa shape index (κ1) is 17.8. The summed E-state index contributed by atoms with van der Waals surface area (Å²) in [6.07, 6.45) is -0.705. The van der Waals surface area contributed by atoms with Crippen molar-refractivity contribution in [2.45, 2.75) is 36.1 Å². The van der Waals surface area contributed by atoms with E-state index < -0.39 is 21.5 Å². The Balaban J connectivity index is 2.37. The number of para-hydroxylation sites is 1. The van der Waals surface area contributed by atoms with Gasteiger partial charge in [-0.25, -0.2) is 13.2 Å². The normalized spacial score (nSPS) is 11.8.